The van der Waals surface area contributed by atoms with E-state index in [2.05, 4.69) is 28.7 Å². The average molecular weight is 236 g/mol. The minimum absolute atomic E-state index is 0.612. The molecule has 2 rings (SSSR count). The zero-order valence-electron chi connectivity index (χ0n) is 10.1. The van der Waals surface area contributed by atoms with E-state index in [-0.39, 0.29) is 0 Å². The second-order valence-electron chi connectivity index (χ2n) is 4.53. The van der Waals surface area contributed by atoms with Gasteiger partial charge in [-0.25, -0.2) is 4.98 Å². The predicted molar refractivity (Wildman–Crippen MR) is 72.2 cm³/mol. The summed E-state index contributed by atoms with van der Waals surface area (Å²) in [5.41, 5.74) is 1.09. The summed E-state index contributed by atoms with van der Waals surface area (Å²) in [7, 11) is 0. The Hall–Kier alpha value is -0.700. The lowest BCUT2D eigenvalue weighted by molar-refractivity contribution is 0.472. The maximum atomic E-state index is 4.50. The summed E-state index contributed by atoms with van der Waals surface area (Å²) >= 11 is 2.00. The van der Waals surface area contributed by atoms with Crippen LogP contribution in [0.3, 0.4) is 0 Å². The van der Waals surface area contributed by atoms with Crippen LogP contribution in [0.5, 0.6) is 0 Å². The van der Waals surface area contributed by atoms with Crippen molar-refractivity contribution in [3.63, 3.8) is 0 Å². The van der Waals surface area contributed by atoms with E-state index in [0.717, 1.165) is 16.8 Å². The number of hydrogen-bond donors (Lipinski definition) is 1. The third kappa shape index (κ3) is 3.14. The van der Waals surface area contributed by atoms with Gasteiger partial charge in [0.25, 0.3) is 0 Å². The Morgan fingerprint density at radius 1 is 1.38 bits per heavy atom. The van der Waals surface area contributed by atoms with E-state index in [1.165, 1.54) is 25.7 Å². The molecule has 0 bridgehead atoms. The van der Waals surface area contributed by atoms with E-state index in [0.29, 0.717) is 6.04 Å². The Bertz CT molecular complexity index is 340. The lowest BCUT2D eigenvalue weighted by atomic mass is 9.95. The van der Waals surface area contributed by atoms with Crippen LogP contribution in [0, 0.1) is 6.92 Å². The van der Waals surface area contributed by atoms with Gasteiger partial charge in [-0.15, -0.1) is 0 Å². The molecule has 3 heteroatoms. The molecule has 0 amide bonds. The Labute approximate surface area is 102 Å². The highest BCUT2D eigenvalue weighted by atomic mass is 32.2. The van der Waals surface area contributed by atoms with Crippen molar-refractivity contribution in [3.05, 3.63) is 23.9 Å². The minimum atomic E-state index is 0.612. The molecule has 1 aromatic heterocycles. The molecule has 0 saturated heterocycles. The molecule has 16 heavy (non-hydrogen) atoms. The smallest absolute Gasteiger partial charge is 0.126 e. The van der Waals surface area contributed by atoms with Crippen LogP contribution in [0.1, 0.15) is 31.4 Å². The molecule has 0 aromatic carbocycles. The van der Waals surface area contributed by atoms with Crippen LogP contribution < -0.4 is 5.32 Å². The van der Waals surface area contributed by atoms with Crippen LogP contribution in [-0.4, -0.2) is 22.5 Å². The van der Waals surface area contributed by atoms with Gasteiger partial charge in [-0.3, -0.25) is 0 Å². The molecule has 2 atom stereocenters. The molecule has 2 unspecified atom stereocenters. The van der Waals surface area contributed by atoms with Gasteiger partial charge < -0.3 is 5.32 Å². The largest absolute Gasteiger partial charge is 0.367 e. The summed E-state index contributed by atoms with van der Waals surface area (Å²) in [5, 5.41) is 4.39. The summed E-state index contributed by atoms with van der Waals surface area (Å²) in [6.45, 7) is 2.04. The molecule has 1 fully saturated rings. The number of aryl methyl sites for hydroxylation is 1. The number of rotatable bonds is 3. The number of aromatic nitrogens is 1. The SMILES string of the molecule is CSC1CCCC(Nc2cccc(C)n2)C1. The number of thioether (sulfide) groups is 1. The Morgan fingerprint density at radius 3 is 3.00 bits per heavy atom. The first kappa shape index (κ1) is 11.8. The zero-order valence-corrected chi connectivity index (χ0v) is 10.9. The van der Waals surface area contributed by atoms with Crippen LogP contribution in [0.15, 0.2) is 18.2 Å². The maximum Gasteiger partial charge on any atom is 0.126 e. The van der Waals surface area contributed by atoms with Gasteiger partial charge in [-0.05, 0) is 44.6 Å². The quantitative estimate of drug-likeness (QED) is 0.869. The first-order valence-electron chi connectivity index (χ1n) is 6.01. The molecular weight excluding hydrogens is 216 g/mol. The van der Waals surface area contributed by atoms with Crippen molar-refractivity contribution in [3.8, 4) is 0 Å². The standard InChI is InChI=1S/C13H20N2S/c1-10-5-3-8-13(14-10)15-11-6-4-7-12(9-11)16-2/h3,5,8,11-12H,4,6-7,9H2,1-2H3,(H,14,15). The van der Waals surface area contributed by atoms with Crippen LogP contribution in [0.25, 0.3) is 0 Å². The third-order valence-corrected chi connectivity index (χ3v) is 4.29. The van der Waals surface area contributed by atoms with E-state index in [1.54, 1.807) is 0 Å². The molecule has 88 valence electrons. The molecule has 1 aromatic rings. The Kier molecular flexibility index (Phi) is 4.10. The van der Waals surface area contributed by atoms with Crippen LogP contribution >= 0.6 is 11.8 Å². The fourth-order valence-corrected chi connectivity index (χ4v) is 3.15. The van der Waals surface area contributed by atoms with Crippen molar-refractivity contribution in [1.82, 2.24) is 4.98 Å². The van der Waals surface area contributed by atoms with E-state index in [4.69, 9.17) is 0 Å². The first-order chi connectivity index (χ1) is 7.78. The Balaban J connectivity index is 1.94. The van der Waals surface area contributed by atoms with E-state index >= 15 is 0 Å². The maximum absolute atomic E-state index is 4.50. The number of anilines is 1. The monoisotopic (exact) mass is 236 g/mol. The van der Waals surface area contributed by atoms with Gasteiger partial charge in [0.2, 0.25) is 0 Å². The van der Waals surface area contributed by atoms with Crippen LogP contribution in [-0.2, 0) is 0 Å². The van der Waals surface area contributed by atoms with Gasteiger partial charge >= 0.3 is 0 Å². The molecule has 1 N–H and O–H groups in total. The summed E-state index contributed by atoms with van der Waals surface area (Å²) < 4.78 is 0. The van der Waals surface area contributed by atoms with Crippen LogP contribution in [0.2, 0.25) is 0 Å². The van der Waals surface area contributed by atoms with E-state index < -0.39 is 0 Å². The van der Waals surface area contributed by atoms with E-state index in [9.17, 15) is 0 Å². The van der Waals surface area contributed by atoms with Crippen molar-refractivity contribution >= 4 is 17.6 Å². The fraction of sp³-hybridized carbons (Fsp3) is 0.615. The first-order valence-corrected chi connectivity index (χ1v) is 7.29. The molecule has 1 heterocycles. The van der Waals surface area contributed by atoms with Crippen molar-refractivity contribution in [2.24, 2.45) is 0 Å². The van der Waals surface area contributed by atoms with Gasteiger partial charge in [0, 0.05) is 17.0 Å². The summed E-state index contributed by atoms with van der Waals surface area (Å²) in [6.07, 6.45) is 7.50. The van der Waals surface area contributed by atoms with Gasteiger partial charge in [0.15, 0.2) is 0 Å². The highest BCUT2D eigenvalue weighted by molar-refractivity contribution is 7.99. The van der Waals surface area contributed by atoms with Crippen molar-refractivity contribution in [2.75, 3.05) is 11.6 Å². The average Bonchev–Trinajstić information content (AvgIpc) is 2.29. The summed E-state index contributed by atoms with van der Waals surface area (Å²) in [4.78, 5) is 4.50. The molecule has 1 saturated carbocycles. The number of nitrogens with one attached hydrogen (secondary N) is 1. The third-order valence-electron chi connectivity index (χ3n) is 3.20. The summed E-state index contributed by atoms with van der Waals surface area (Å²) in [5.74, 6) is 1.03. The molecule has 0 radical (unpaired) electrons. The lowest BCUT2D eigenvalue weighted by Gasteiger charge is -2.29. The van der Waals surface area contributed by atoms with Crippen molar-refractivity contribution in [1.29, 1.82) is 0 Å². The van der Waals surface area contributed by atoms with Gasteiger partial charge in [-0.2, -0.15) is 11.8 Å². The minimum Gasteiger partial charge on any atom is -0.367 e. The second kappa shape index (κ2) is 5.58. The molecule has 1 aliphatic rings. The van der Waals surface area contributed by atoms with Crippen LogP contribution in [0.4, 0.5) is 5.82 Å². The molecule has 0 aliphatic heterocycles. The van der Waals surface area contributed by atoms with Gasteiger partial charge in [0.05, 0.1) is 0 Å². The highest BCUT2D eigenvalue weighted by Crippen LogP contribution is 2.28. The fourth-order valence-electron chi connectivity index (χ4n) is 2.32. The number of nitrogens with zero attached hydrogens (tertiary/aromatic N) is 1. The van der Waals surface area contributed by atoms with Crippen molar-refractivity contribution in [2.45, 2.75) is 43.9 Å². The second-order valence-corrected chi connectivity index (χ2v) is 5.67. The lowest BCUT2D eigenvalue weighted by Crippen LogP contribution is -2.28. The summed E-state index contributed by atoms with van der Waals surface area (Å²) in [6, 6.07) is 6.78. The number of hydrogen-bond acceptors (Lipinski definition) is 3. The zero-order chi connectivity index (χ0) is 11.4. The molecule has 0 spiro atoms. The van der Waals surface area contributed by atoms with Gasteiger partial charge in [0.1, 0.15) is 5.82 Å². The highest BCUT2D eigenvalue weighted by Gasteiger charge is 2.21. The normalized spacial score (nSPS) is 25.4. The van der Waals surface area contributed by atoms with E-state index in [1.807, 2.05) is 24.8 Å². The van der Waals surface area contributed by atoms with Gasteiger partial charge in [-0.1, -0.05) is 12.5 Å². The van der Waals surface area contributed by atoms with Crippen molar-refractivity contribution < 1.29 is 0 Å². The molecular formula is C13H20N2S. The Morgan fingerprint density at radius 2 is 2.25 bits per heavy atom. The predicted octanol–water partition coefficient (Wildman–Crippen LogP) is 3.48. The molecule has 2 nitrogen and oxygen atoms in total. The molecule has 1 aliphatic carbocycles. The topological polar surface area (TPSA) is 24.9 Å². The number of pyridine rings is 1.